The van der Waals surface area contributed by atoms with Crippen molar-refractivity contribution in [1.29, 1.82) is 0 Å². The number of nitrogens with zero attached hydrogens (tertiary/aromatic N) is 1. The van der Waals surface area contributed by atoms with Gasteiger partial charge >= 0.3 is 0 Å². The van der Waals surface area contributed by atoms with E-state index in [2.05, 4.69) is 38.0 Å². The molecule has 3 N–H and O–H groups in total. The van der Waals surface area contributed by atoms with E-state index in [1.807, 2.05) is 13.8 Å². The van der Waals surface area contributed by atoms with Gasteiger partial charge in [0.05, 0.1) is 5.54 Å². The summed E-state index contributed by atoms with van der Waals surface area (Å²) in [6.07, 6.45) is 3.09. The summed E-state index contributed by atoms with van der Waals surface area (Å²) in [5.74, 6) is -0.271. The molecule has 0 radical (unpaired) electrons. The lowest BCUT2D eigenvalue weighted by atomic mass is 9.91. The van der Waals surface area contributed by atoms with Crippen LogP contribution in [0, 0.1) is 0 Å². The Morgan fingerprint density at radius 2 is 1.89 bits per heavy atom. The minimum Gasteiger partial charge on any atom is -0.368 e. The molecule has 0 bridgehead atoms. The van der Waals surface area contributed by atoms with Crippen molar-refractivity contribution in [3.05, 3.63) is 0 Å². The maximum atomic E-state index is 11.6. The fourth-order valence-corrected chi connectivity index (χ4v) is 2.44. The van der Waals surface area contributed by atoms with Gasteiger partial charge in [-0.15, -0.1) is 0 Å². The van der Waals surface area contributed by atoms with Crippen molar-refractivity contribution in [3.63, 3.8) is 0 Å². The van der Waals surface area contributed by atoms with E-state index >= 15 is 0 Å². The molecule has 0 aromatic rings. The van der Waals surface area contributed by atoms with Crippen LogP contribution in [0.3, 0.4) is 0 Å². The van der Waals surface area contributed by atoms with E-state index in [-0.39, 0.29) is 5.91 Å². The van der Waals surface area contributed by atoms with Gasteiger partial charge in [0.25, 0.3) is 0 Å². The molecule has 0 aliphatic rings. The molecule has 4 nitrogen and oxygen atoms in total. The molecule has 4 heteroatoms. The molecule has 0 aliphatic carbocycles. The number of carbonyl (C=O) groups excluding carboxylic acids is 1. The van der Waals surface area contributed by atoms with Gasteiger partial charge in [-0.2, -0.15) is 0 Å². The Morgan fingerprint density at radius 3 is 2.28 bits per heavy atom. The van der Waals surface area contributed by atoms with E-state index in [9.17, 15) is 4.79 Å². The normalized spacial score (nSPS) is 18.4. The maximum Gasteiger partial charge on any atom is 0.237 e. The largest absolute Gasteiger partial charge is 0.368 e. The lowest BCUT2D eigenvalue weighted by molar-refractivity contribution is -0.124. The fraction of sp³-hybridized carbons (Fsp3) is 0.929. The molecule has 0 rings (SSSR count). The first-order chi connectivity index (χ1) is 8.28. The average Bonchev–Trinajstić information content (AvgIpc) is 2.28. The third-order valence-electron chi connectivity index (χ3n) is 3.91. The predicted octanol–water partition coefficient (Wildman–Crippen LogP) is 1.74. The number of primary amides is 1. The Bertz CT molecular complexity index is 257. The molecular formula is C14H31N3O. The van der Waals surface area contributed by atoms with Gasteiger partial charge in [0.2, 0.25) is 5.91 Å². The molecule has 0 heterocycles. The van der Waals surface area contributed by atoms with Crippen LogP contribution < -0.4 is 11.1 Å². The maximum absolute atomic E-state index is 11.6. The summed E-state index contributed by atoms with van der Waals surface area (Å²) < 4.78 is 0. The zero-order valence-electron chi connectivity index (χ0n) is 12.9. The topological polar surface area (TPSA) is 58.4 Å². The number of likely N-dealkylation sites (N-methyl/N-ethyl adjacent to an activating group) is 1. The lowest BCUT2D eigenvalue weighted by Gasteiger charge is -2.36. The number of carbonyl (C=O) groups is 1. The summed E-state index contributed by atoms with van der Waals surface area (Å²) >= 11 is 0. The average molecular weight is 257 g/mol. The predicted molar refractivity (Wildman–Crippen MR) is 77.5 cm³/mol. The first-order valence-electron chi connectivity index (χ1n) is 7.05. The molecule has 1 amide bonds. The summed E-state index contributed by atoms with van der Waals surface area (Å²) in [6.45, 7) is 11.2. The first-order valence-corrected chi connectivity index (χ1v) is 7.05. The fourth-order valence-electron chi connectivity index (χ4n) is 2.44. The summed E-state index contributed by atoms with van der Waals surface area (Å²) in [7, 11) is 2.12. The van der Waals surface area contributed by atoms with Crippen LogP contribution in [0.4, 0.5) is 0 Å². The zero-order chi connectivity index (χ0) is 14.3. The highest BCUT2D eigenvalue weighted by atomic mass is 16.1. The molecule has 3 unspecified atom stereocenters. The standard InChI is InChI=1S/C14H31N3O/c1-7-9-11(3)17(6)12(4)10-14(5,13(15)18)16-8-2/h11-12,16H,7-10H2,1-6H3,(H2,15,18). The molecule has 3 atom stereocenters. The third-order valence-corrected chi connectivity index (χ3v) is 3.91. The number of nitrogens with two attached hydrogens (primary N) is 1. The van der Waals surface area contributed by atoms with Gasteiger partial charge < -0.3 is 16.0 Å². The van der Waals surface area contributed by atoms with Gasteiger partial charge in [-0.05, 0) is 47.2 Å². The van der Waals surface area contributed by atoms with E-state index in [0.717, 1.165) is 13.0 Å². The van der Waals surface area contributed by atoms with Gasteiger partial charge in [0.15, 0.2) is 0 Å². The van der Waals surface area contributed by atoms with Crippen molar-refractivity contribution >= 4 is 5.91 Å². The molecule has 0 saturated heterocycles. The number of rotatable bonds is 9. The molecule has 0 saturated carbocycles. The van der Waals surface area contributed by atoms with Crippen molar-refractivity contribution < 1.29 is 4.79 Å². The number of amides is 1. The van der Waals surface area contributed by atoms with Crippen molar-refractivity contribution in [1.82, 2.24) is 10.2 Å². The van der Waals surface area contributed by atoms with Crippen molar-refractivity contribution in [2.75, 3.05) is 13.6 Å². The van der Waals surface area contributed by atoms with Gasteiger partial charge in [0.1, 0.15) is 0 Å². The summed E-state index contributed by atoms with van der Waals surface area (Å²) in [5.41, 5.74) is 4.90. The minimum absolute atomic E-state index is 0.271. The molecule has 108 valence electrons. The van der Waals surface area contributed by atoms with E-state index in [4.69, 9.17) is 5.73 Å². The second-order valence-corrected chi connectivity index (χ2v) is 5.58. The Kier molecular flexibility index (Phi) is 7.48. The molecular weight excluding hydrogens is 226 g/mol. The van der Waals surface area contributed by atoms with E-state index in [1.165, 1.54) is 12.8 Å². The molecule has 0 aliphatic heterocycles. The highest BCUT2D eigenvalue weighted by Gasteiger charge is 2.33. The molecule has 0 spiro atoms. The number of nitrogens with one attached hydrogen (secondary N) is 1. The highest BCUT2D eigenvalue weighted by molar-refractivity contribution is 5.84. The Labute approximate surface area is 112 Å². The van der Waals surface area contributed by atoms with Gasteiger partial charge in [-0.1, -0.05) is 20.3 Å². The van der Waals surface area contributed by atoms with E-state index < -0.39 is 5.54 Å². The third kappa shape index (κ3) is 4.94. The van der Waals surface area contributed by atoms with Crippen molar-refractivity contribution in [3.8, 4) is 0 Å². The van der Waals surface area contributed by atoms with Crippen LogP contribution in [-0.2, 0) is 4.79 Å². The lowest BCUT2D eigenvalue weighted by Crippen LogP contribution is -2.56. The van der Waals surface area contributed by atoms with E-state index in [1.54, 1.807) is 0 Å². The first kappa shape index (κ1) is 17.4. The molecule has 0 fully saturated rings. The quantitative estimate of drug-likeness (QED) is 0.661. The van der Waals surface area contributed by atoms with Gasteiger partial charge in [-0.25, -0.2) is 0 Å². The van der Waals surface area contributed by atoms with Gasteiger partial charge in [-0.3, -0.25) is 4.79 Å². The second kappa shape index (κ2) is 7.74. The van der Waals surface area contributed by atoms with Crippen LogP contribution in [0.2, 0.25) is 0 Å². The van der Waals surface area contributed by atoms with Gasteiger partial charge in [0, 0.05) is 12.1 Å². The van der Waals surface area contributed by atoms with Crippen LogP contribution in [0.25, 0.3) is 0 Å². The summed E-state index contributed by atoms with van der Waals surface area (Å²) in [5, 5.41) is 3.21. The van der Waals surface area contributed by atoms with Crippen molar-refractivity contribution in [2.45, 2.75) is 71.5 Å². The van der Waals surface area contributed by atoms with Crippen LogP contribution in [0.1, 0.15) is 53.9 Å². The van der Waals surface area contributed by atoms with E-state index in [0.29, 0.717) is 12.1 Å². The van der Waals surface area contributed by atoms with Crippen LogP contribution in [0.5, 0.6) is 0 Å². The zero-order valence-corrected chi connectivity index (χ0v) is 12.9. The summed E-state index contributed by atoms with van der Waals surface area (Å²) in [6, 6.07) is 0.854. The van der Waals surface area contributed by atoms with Crippen LogP contribution in [0.15, 0.2) is 0 Å². The second-order valence-electron chi connectivity index (χ2n) is 5.58. The molecule has 0 aromatic carbocycles. The molecule has 18 heavy (non-hydrogen) atoms. The monoisotopic (exact) mass is 257 g/mol. The number of hydrogen-bond acceptors (Lipinski definition) is 3. The van der Waals surface area contributed by atoms with Crippen LogP contribution >= 0.6 is 0 Å². The smallest absolute Gasteiger partial charge is 0.237 e. The molecule has 0 aromatic heterocycles. The summed E-state index contributed by atoms with van der Waals surface area (Å²) in [4.78, 5) is 13.9. The SMILES string of the molecule is CCCC(C)N(C)C(C)CC(C)(NCC)C(N)=O. The minimum atomic E-state index is -0.617. The Hall–Kier alpha value is -0.610. The Balaban J connectivity index is 4.59. The Morgan fingerprint density at radius 1 is 1.33 bits per heavy atom. The highest BCUT2D eigenvalue weighted by Crippen LogP contribution is 2.18. The van der Waals surface area contributed by atoms with Crippen molar-refractivity contribution in [2.24, 2.45) is 5.73 Å². The number of hydrogen-bond donors (Lipinski definition) is 2. The van der Waals surface area contributed by atoms with Crippen LogP contribution in [-0.4, -0.2) is 42.0 Å².